The Kier molecular flexibility index (Phi) is 3.38. The molecule has 0 aliphatic heterocycles. The largest absolute Gasteiger partial charge is 0.319 e. The highest BCUT2D eigenvalue weighted by Gasteiger charge is 2.43. The molecule has 2 saturated carbocycles. The minimum atomic E-state index is -0.130. The first-order chi connectivity index (χ1) is 8.78. The highest BCUT2D eigenvalue weighted by molar-refractivity contribution is 5.23. The van der Waals surface area contributed by atoms with Crippen LogP contribution in [0.2, 0.25) is 0 Å². The van der Waals surface area contributed by atoms with Gasteiger partial charge in [0.2, 0.25) is 0 Å². The molecule has 2 fully saturated rings. The van der Waals surface area contributed by atoms with Crippen molar-refractivity contribution in [3.8, 4) is 0 Å². The van der Waals surface area contributed by atoms with E-state index in [1.165, 1.54) is 31.2 Å². The van der Waals surface area contributed by atoms with Crippen molar-refractivity contribution in [2.75, 3.05) is 13.6 Å². The number of halogens is 1. The van der Waals surface area contributed by atoms with E-state index in [1.54, 1.807) is 12.1 Å². The van der Waals surface area contributed by atoms with Crippen LogP contribution in [0.4, 0.5) is 4.39 Å². The second kappa shape index (κ2) is 5.00. The van der Waals surface area contributed by atoms with Crippen molar-refractivity contribution in [3.63, 3.8) is 0 Å². The Labute approximate surface area is 109 Å². The van der Waals surface area contributed by atoms with Gasteiger partial charge < -0.3 is 5.32 Å². The van der Waals surface area contributed by atoms with E-state index >= 15 is 0 Å². The molecular formula is C16H22FN. The van der Waals surface area contributed by atoms with Crippen LogP contribution >= 0.6 is 0 Å². The van der Waals surface area contributed by atoms with Crippen molar-refractivity contribution in [2.45, 2.75) is 31.6 Å². The van der Waals surface area contributed by atoms with Crippen LogP contribution in [0, 0.1) is 23.6 Å². The highest BCUT2D eigenvalue weighted by atomic mass is 19.1. The number of hydrogen-bond donors (Lipinski definition) is 1. The average Bonchev–Trinajstić information content (AvgIpc) is 2.99. The Morgan fingerprint density at radius 3 is 2.56 bits per heavy atom. The van der Waals surface area contributed by atoms with Gasteiger partial charge in [-0.3, -0.25) is 0 Å². The van der Waals surface area contributed by atoms with E-state index < -0.39 is 0 Å². The van der Waals surface area contributed by atoms with Crippen molar-refractivity contribution in [2.24, 2.45) is 17.8 Å². The lowest BCUT2D eigenvalue weighted by Gasteiger charge is -2.31. The molecule has 3 rings (SSSR count). The van der Waals surface area contributed by atoms with Crippen LogP contribution in [0.25, 0.3) is 0 Å². The van der Waals surface area contributed by atoms with Crippen molar-refractivity contribution < 1.29 is 4.39 Å². The summed E-state index contributed by atoms with van der Waals surface area (Å²) in [5, 5.41) is 3.32. The normalized spacial score (nSPS) is 31.8. The molecule has 0 aromatic heterocycles. The summed E-state index contributed by atoms with van der Waals surface area (Å²) in [6.07, 6.45) is 5.67. The summed E-state index contributed by atoms with van der Waals surface area (Å²) in [6, 6.07) is 7.16. The second-order valence-electron chi connectivity index (χ2n) is 6.05. The minimum Gasteiger partial charge on any atom is -0.319 e. The molecule has 0 heterocycles. The Bertz CT molecular complexity index is 400. The van der Waals surface area contributed by atoms with Crippen molar-refractivity contribution >= 4 is 0 Å². The molecular weight excluding hydrogens is 225 g/mol. The van der Waals surface area contributed by atoms with Crippen LogP contribution in [0.15, 0.2) is 24.3 Å². The first kappa shape index (κ1) is 12.2. The van der Waals surface area contributed by atoms with E-state index in [2.05, 4.69) is 5.32 Å². The zero-order valence-corrected chi connectivity index (χ0v) is 11.0. The maximum Gasteiger partial charge on any atom is 0.123 e. The van der Waals surface area contributed by atoms with Crippen molar-refractivity contribution in [3.05, 3.63) is 35.6 Å². The summed E-state index contributed by atoms with van der Waals surface area (Å²) in [5.74, 6) is 3.13. The maximum absolute atomic E-state index is 13.0. The molecule has 0 radical (unpaired) electrons. The van der Waals surface area contributed by atoms with E-state index in [4.69, 9.17) is 0 Å². The van der Waals surface area contributed by atoms with Gasteiger partial charge in [0.1, 0.15) is 5.82 Å². The summed E-state index contributed by atoms with van der Waals surface area (Å²) in [6.45, 7) is 1.01. The van der Waals surface area contributed by atoms with Gasteiger partial charge in [-0.25, -0.2) is 4.39 Å². The monoisotopic (exact) mass is 247 g/mol. The van der Waals surface area contributed by atoms with Gasteiger partial charge in [0.05, 0.1) is 0 Å². The van der Waals surface area contributed by atoms with Crippen LogP contribution in [0.1, 0.15) is 37.2 Å². The van der Waals surface area contributed by atoms with Crippen molar-refractivity contribution in [1.82, 2.24) is 5.32 Å². The van der Waals surface area contributed by atoms with E-state index in [0.29, 0.717) is 5.92 Å². The predicted molar refractivity (Wildman–Crippen MR) is 72.0 cm³/mol. The average molecular weight is 247 g/mol. The highest BCUT2D eigenvalue weighted by Crippen LogP contribution is 2.53. The van der Waals surface area contributed by atoms with Gasteiger partial charge in [0, 0.05) is 6.54 Å². The number of nitrogens with one attached hydrogen (secondary N) is 1. The zero-order valence-electron chi connectivity index (χ0n) is 11.0. The van der Waals surface area contributed by atoms with Crippen LogP contribution in [0.3, 0.4) is 0 Å². The minimum absolute atomic E-state index is 0.130. The molecule has 1 aromatic carbocycles. The summed E-state index contributed by atoms with van der Waals surface area (Å²) in [4.78, 5) is 0. The third-order valence-corrected chi connectivity index (χ3v) is 5.03. The molecule has 2 heteroatoms. The quantitative estimate of drug-likeness (QED) is 0.857. The number of likely N-dealkylation sites (N-methyl/N-ethyl adjacent to an activating group) is 1. The number of rotatable bonds is 4. The molecule has 0 spiro atoms. The van der Waals surface area contributed by atoms with E-state index in [1.807, 2.05) is 19.2 Å². The molecule has 2 aliphatic rings. The Morgan fingerprint density at radius 2 is 2.00 bits per heavy atom. The number of benzene rings is 1. The maximum atomic E-state index is 13.0. The molecule has 4 unspecified atom stereocenters. The van der Waals surface area contributed by atoms with Gasteiger partial charge in [-0.05, 0) is 67.7 Å². The fraction of sp³-hybridized carbons (Fsp3) is 0.625. The van der Waals surface area contributed by atoms with Gasteiger partial charge in [0.15, 0.2) is 0 Å². The fourth-order valence-corrected chi connectivity index (χ4v) is 4.23. The number of hydrogen-bond acceptors (Lipinski definition) is 1. The third-order valence-electron chi connectivity index (χ3n) is 5.03. The summed E-state index contributed by atoms with van der Waals surface area (Å²) < 4.78 is 13.0. The zero-order chi connectivity index (χ0) is 12.5. The molecule has 1 N–H and O–H groups in total. The molecule has 2 bridgehead atoms. The van der Waals surface area contributed by atoms with Gasteiger partial charge in [0.25, 0.3) is 0 Å². The molecule has 4 atom stereocenters. The molecule has 0 saturated heterocycles. The SMILES string of the molecule is CNCC(c1ccc(F)cc1)C1CC2CCC1C2. The van der Waals surface area contributed by atoms with Gasteiger partial charge in [-0.15, -0.1) is 0 Å². The molecule has 1 aromatic rings. The summed E-state index contributed by atoms with van der Waals surface area (Å²) in [5.41, 5.74) is 1.31. The smallest absolute Gasteiger partial charge is 0.123 e. The summed E-state index contributed by atoms with van der Waals surface area (Å²) in [7, 11) is 2.02. The van der Waals surface area contributed by atoms with Gasteiger partial charge >= 0.3 is 0 Å². The first-order valence-electron chi connectivity index (χ1n) is 7.18. The topological polar surface area (TPSA) is 12.0 Å². The van der Waals surface area contributed by atoms with E-state index in [-0.39, 0.29) is 5.82 Å². The standard InChI is InChI=1S/C16H22FN/c1-18-10-16(12-4-6-14(17)7-5-12)15-9-11-2-3-13(15)8-11/h4-7,11,13,15-16,18H,2-3,8-10H2,1H3. The van der Waals surface area contributed by atoms with E-state index in [9.17, 15) is 4.39 Å². The molecule has 18 heavy (non-hydrogen) atoms. The van der Waals surface area contributed by atoms with Crippen molar-refractivity contribution in [1.29, 1.82) is 0 Å². The van der Waals surface area contributed by atoms with E-state index in [0.717, 1.165) is 24.3 Å². The van der Waals surface area contributed by atoms with Crippen LogP contribution in [-0.4, -0.2) is 13.6 Å². The van der Waals surface area contributed by atoms with Gasteiger partial charge in [-0.1, -0.05) is 18.6 Å². The lowest BCUT2D eigenvalue weighted by molar-refractivity contribution is 0.277. The predicted octanol–water partition coefficient (Wildman–Crippen LogP) is 3.56. The fourth-order valence-electron chi connectivity index (χ4n) is 4.23. The van der Waals surface area contributed by atoms with Crippen LogP contribution in [-0.2, 0) is 0 Å². The molecule has 1 nitrogen and oxygen atoms in total. The third kappa shape index (κ3) is 2.18. The van der Waals surface area contributed by atoms with Crippen LogP contribution < -0.4 is 5.32 Å². The van der Waals surface area contributed by atoms with Gasteiger partial charge in [-0.2, -0.15) is 0 Å². The molecule has 2 aliphatic carbocycles. The Balaban J connectivity index is 1.81. The molecule has 98 valence electrons. The van der Waals surface area contributed by atoms with Crippen LogP contribution in [0.5, 0.6) is 0 Å². The lowest BCUT2D eigenvalue weighted by atomic mass is 9.76. The Hall–Kier alpha value is -0.890. The second-order valence-corrected chi connectivity index (χ2v) is 6.05. The number of fused-ring (bicyclic) bond motifs is 2. The summed E-state index contributed by atoms with van der Waals surface area (Å²) >= 11 is 0. The first-order valence-corrected chi connectivity index (χ1v) is 7.18. The molecule has 0 amide bonds. The lowest BCUT2D eigenvalue weighted by Crippen LogP contribution is -2.27. The Morgan fingerprint density at radius 1 is 1.22 bits per heavy atom.